The fraction of sp³-hybridized carbons (Fsp3) is 0.600. The Hall–Kier alpha value is -1.13. The highest BCUT2D eigenvalue weighted by molar-refractivity contribution is 5.49. The summed E-state index contributed by atoms with van der Waals surface area (Å²) in [5, 5.41) is 13.1. The summed E-state index contributed by atoms with van der Waals surface area (Å²) >= 11 is 0. The molecular weight excluding hydrogens is 245 g/mol. The molecule has 1 aromatic rings. The van der Waals surface area contributed by atoms with Crippen LogP contribution < -0.4 is 5.32 Å². The van der Waals surface area contributed by atoms with Crippen molar-refractivity contribution in [3.8, 4) is 0 Å². The van der Waals surface area contributed by atoms with Crippen molar-refractivity contribution in [2.45, 2.75) is 44.2 Å². The molecule has 1 aliphatic rings. The third-order valence-corrected chi connectivity index (χ3v) is 3.96. The number of methoxy groups -OCH3 is 1. The van der Waals surface area contributed by atoms with Gasteiger partial charge in [-0.05, 0) is 43.5 Å². The first kappa shape index (κ1) is 14.3. The summed E-state index contributed by atoms with van der Waals surface area (Å²) in [7, 11) is 1.67. The van der Waals surface area contributed by atoms with E-state index in [0.29, 0.717) is 5.69 Å². The van der Waals surface area contributed by atoms with E-state index in [1.54, 1.807) is 7.11 Å². The maximum atomic E-state index is 13.5. The van der Waals surface area contributed by atoms with Gasteiger partial charge in [0.25, 0.3) is 0 Å². The average Bonchev–Trinajstić information content (AvgIpc) is 2.38. The van der Waals surface area contributed by atoms with Crippen LogP contribution in [0.2, 0.25) is 0 Å². The van der Waals surface area contributed by atoms with Gasteiger partial charge in [-0.15, -0.1) is 0 Å². The molecule has 106 valence electrons. The van der Waals surface area contributed by atoms with Gasteiger partial charge in [-0.2, -0.15) is 0 Å². The zero-order chi connectivity index (χ0) is 13.9. The number of benzene rings is 1. The van der Waals surface area contributed by atoms with Crippen molar-refractivity contribution in [3.05, 3.63) is 29.6 Å². The molecular formula is C15H22FNO2. The van der Waals surface area contributed by atoms with Crippen LogP contribution in [0.15, 0.2) is 18.2 Å². The predicted octanol–water partition coefficient (Wildman–Crippen LogP) is 2.87. The van der Waals surface area contributed by atoms with Crippen molar-refractivity contribution in [1.29, 1.82) is 0 Å². The molecule has 2 rings (SSSR count). The summed E-state index contributed by atoms with van der Waals surface area (Å²) < 4.78 is 19.0. The lowest BCUT2D eigenvalue weighted by Crippen LogP contribution is -2.55. The van der Waals surface area contributed by atoms with Crippen LogP contribution in [0, 0.1) is 12.7 Å². The highest BCUT2D eigenvalue weighted by atomic mass is 19.1. The van der Waals surface area contributed by atoms with Crippen LogP contribution in [0.3, 0.4) is 0 Å². The standard InChI is InChI=1S/C15H22FNO2/c1-11-7-12(16)9-13(8-11)17-15(10-18)6-4-3-5-14(15)19-2/h7-9,14,17-18H,3-6,10H2,1-2H3. The quantitative estimate of drug-likeness (QED) is 0.881. The molecule has 0 saturated heterocycles. The molecule has 2 unspecified atom stereocenters. The van der Waals surface area contributed by atoms with Crippen molar-refractivity contribution >= 4 is 5.69 Å². The topological polar surface area (TPSA) is 41.5 Å². The van der Waals surface area contributed by atoms with E-state index in [-0.39, 0.29) is 18.5 Å². The lowest BCUT2D eigenvalue weighted by molar-refractivity contribution is -0.00856. The zero-order valence-corrected chi connectivity index (χ0v) is 11.6. The summed E-state index contributed by atoms with van der Waals surface area (Å²) in [5.41, 5.74) is 1.06. The van der Waals surface area contributed by atoms with Crippen LogP contribution in [0.25, 0.3) is 0 Å². The molecule has 4 heteroatoms. The van der Waals surface area contributed by atoms with Crippen LogP contribution >= 0.6 is 0 Å². The first-order valence-corrected chi connectivity index (χ1v) is 6.79. The van der Waals surface area contributed by atoms with E-state index in [1.807, 2.05) is 13.0 Å². The molecule has 2 atom stereocenters. The number of anilines is 1. The van der Waals surface area contributed by atoms with E-state index in [9.17, 15) is 9.50 Å². The maximum absolute atomic E-state index is 13.5. The Morgan fingerprint density at radius 1 is 1.42 bits per heavy atom. The second kappa shape index (κ2) is 5.88. The number of aliphatic hydroxyl groups is 1. The van der Waals surface area contributed by atoms with E-state index >= 15 is 0 Å². The number of aryl methyl sites for hydroxylation is 1. The SMILES string of the molecule is COC1CCCCC1(CO)Nc1cc(C)cc(F)c1. The van der Waals surface area contributed by atoms with Crippen LogP contribution in [-0.2, 0) is 4.74 Å². The van der Waals surface area contributed by atoms with Gasteiger partial charge < -0.3 is 15.2 Å². The fourth-order valence-electron chi connectivity index (χ4n) is 3.01. The minimum absolute atomic E-state index is 0.0128. The molecule has 1 saturated carbocycles. The highest BCUT2D eigenvalue weighted by Crippen LogP contribution is 2.33. The first-order chi connectivity index (χ1) is 9.09. The van der Waals surface area contributed by atoms with E-state index in [4.69, 9.17) is 4.74 Å². The molecule has 19 heavy (non-hydrogen) atoms. The minimum Gasteiger partial charge on any atom is -0.394 e. The van der Waals surface area contributed by atoms with Crippen molar-refractivity contribution in [3.63, 3.8) is 0 Å². The number of nitrogens with one attached hydrogen (secondary N) is 1. The number of rotatable bonds is 4. The monoisotopic (exact) mass is 267 g/mol. The Morgan fingerprint density at radius 3 is 2.84 bits per heavy atom. The van der Waals surface area contributed by atoms with Gasteiger partial charge in [0.05, 0.1) is 18.2 Å². The summed E-state index contributed by atoms with van der Waals surface area (Å²) in [5.74, 6) is -0.264. The van der Waals surface area contributed by atoms with E-state index in [0.717, 1.165) is 31.2 Å². The molecule has 1 aromatic carbocycles. The van der Waals surface area contributed by atoms with Gasteiger partial charge in [0.15, 0.2) is 0 Å². The number of hydrogen-bond donors (Lipinski definition) is 2. The lowest BCUT2D eigenvalue weighted by Gasteiger charge is -2.43. The van der Waals surface area contributed by atoms with E-state index in [2.05, 4.69) is 5.32 Å². The van der Waals surface area contributed by atoms with Gasteiger partial charge in [-0.3, -0.25) is 0 Å². The Bertz CT molecular complexity index is 418. The van der Waals surface area contributed by atoms with Crippen molar-refractivity contribution in [2.24, 2.45) is 0 Å². The molecule has 0 aliphatic heterocycles. The largest absolute Gasteiger partial charge is 0.394 e. The molecule has 0 aromatic heterocycles. The summed E-state index contributed by atoms with van der Waals surface area (Å²) in [4.78, 5) is 0. The van der Waals surface area contributed by atoms with Crippen LogP contribution in [0.5, 0.6) is 0 Å². The van der Waals surface area contributed by atoms with E-state index in [1.165, 1.54) is 12.1 Å². The van der Waals surface area contributed by atoms with Crippen LogP contribution in [-0.4, -0.2) is 30.5 Å². The molecule has 1 fully saturated rings. The summed E-state index contributed by atoms with van der Waals surface area (Å²) in [6.07, 6.45) is 3.84. The number of halogens is 1. The Balaban J connectivity index is 2.25. The second-order valence-electron chi connectivity index (χ2n) is 5.43. The predicted molar refractivity (Wildman–Crippen MR) is 73.8 cm³/mol. The summed E-state index contributed by atoms with van der Waals surface area (Å²) in [6.45, 7) is 1.84. The van der Waals surface area contributed by atoms with Crippen molar-refractivity contribution in [2.75, 3.05) is 19.0 Å². The average molecular weight is 267 g/mol. The molecule has 0 amide bonds. The zero-order valence-electron chi connectivity index (χ0n) is 11.6. The Morgan fingerprint density at radius 2 is 2.21 bits per heavy atom. The smallest absolute Gasteiger partial charge is 0.125 e. The Labute approximate surface area is 113 Å². The fourth-order valence-corrected chi connectivity index (χ4v) is 3.01. The molecule has 2 N–H and O–H groups in total. The molecule has 0 spiro atoms. The van der Waals surface area contributed by atoms with Gasteiger partial charge in [-0.25, -0.2) is 4.39 Å². The van der Waals surface area contributed by atoms with Gasteiger partial charge in [0, 0.05) is 12.8 Å². The molecule has 3 nitrogen and oxygen atoms in total. The third kappa shape index (κ3) is 3.07. The minimum atomic E-state index is -0.507. The number of ether oxygens (including phenoxy) is 1. The third-order valence-electron chi connectivity index (χ3n) is 3.96. The number of aliphatic hydroxyl groups excluding tert-OH is 1. The van der Waals surface area contributed by atoms with E-state index < -0.39 is 5.54 Å². The van der Waals surface area contributed by atoms with Crippen LogP contribution in [0.1, 0.15) is 31.2 Å². The molecule has 0 radical (unpaired) electrons. The highest BCUT2D eigenvalue weighted by Gasteiger charge is 2.40. The second-order valence-corrected chi connectivity index (χ2v) is 5.43. The summed E-state index contributed by atoms with van der Waals surface area (Å²) in [6, 6.07) is 4.85. The Kier molecular flexibility index (Phi) is 4.42. The maximum Gasteiger partial charge on any atom is 0.125 e. The molecule has 1 aliphatic carbocycles. The van der Waals surface area contributed by atoms with Gasteiger partial charge in [0.2, 0.25) is 0 Å². The van der Waals surface area contributed by atoms with Crippen molar-refractivity contribution in [1.82, 2.24) is 0 Å². The van der Waals surface area contributed by atoms with Gasteiger partial charge >= 0.3 is 0 Å². The van der Waals surface area contributed by atoms with Crippen LogP contribution in [0.4, 0.5) is 10.1 Å². The first-order valence-electron chi connectivity index (χ1n) is 6.79. The normalized spacial score (nSPS) is 27.3. The molecule has 0 bridgehead atoms. The van der Waals surface area contributed by atoms with Crippen molar-refractivity contribution < 1.29 is 14.2 Å². The molecule has 0 heterocycles. The van der Waals surface area contributed by atoms with Gasteiger partial charge in [0.1, 0.15) is 5.82 Å². The number of hydrogen-bond acceptors (Lipinski definition) is 3. The lowest BCUT2D eigenvalue weighted by atomic mass is 9.79. The van der Waals surface area contributed by atoms with Gasteiger partial charge in [-0.1, -0.05) is 12.8 Å².